The predicted molar refractivity (Wildman–Crippen MR) is 156 cm³/mol. The van der Waals surface area contributed by atoms with Crippen LogP contribution in [0.1, 0.15) is 56.5 Å². The first-order valence-corrected chi connectivity index (χ1v) is 14.4. The minimum absolute atomic E-state index is 0.00267. The number of nitriles is 1. The van der Waals surface area contributed by atoms with E-state index in [4.69, 9.17) is 5.26 Å². The summed E-state index contributed by atoms with van der Waals surface area (Å²) < 4.78 is 44.6. The molecule has 3 aliphatic rings. The molecule has 44 heavy (non-hydrogen) atoms. The number of rotatable bonds is 5. The quantitative estimate of drug-likeness (QED) is 0.448. The summed E-state index contributed by atoms with van der Waals surface area (Å²) in [7, 11) is 0. The van der Waals surface area contributed by atoms with Crippen molar-refractivity contribution in [2.75, 3.05) is 18.4 Å². The predicted octanol–water partition coefficient (Wildman–Crippen LogP) is 4.07. The number of aromatic nitrogens is 2. The van der Waals surface area contributed by atoms with Crippen LogP contribution in [0.3, 0.4) is 0 Å². The van der Waals surface area contributed by atoms with Crippen molar-refractivity contribution in [3.05, 3.63) is 68.1 Å². The van der Waals surface area contributed by atoms with Crippen LogP contribution in [0.2, 0.25) is 0 Å². The third-order valence-electron chi connectivity index (χ3n) is 8.53. The van der Waals surface area contributed by atoms with Crippen molar-refractivity contribution in [3.8, 4) is 6.07 Å². The van der Waals surface area contributed by atoms with Gasteiger partial charge in [-0.3, -0.25) is 13.9 Å². The second-order valence-electron chi connectivity index (χ2n) is 11.8. The lowest BCUT2D eigenvalue weighted by molar-refractivity contribution is 0.0103. The number of fused-ring (bicyclic) bond motifs is 2. The molecule has 1 saturated heterocycles. The fourth-order valence-electron chi connectivity index (χ4n) is 6.01. The molecule has 11 nitrogen and oxygen atoms in total. The molecule has 1 unspecified atom stereocenters. The number of anilines is 1. The number of alkyl halides is 2. The number of nitrogens with one attached hydrogen (secondary N) is 1. The van der Waals surface area contributed by atoms with Crippen LogP contribution in [0.25, 0.3) is 10.9 Å². The second kappa shape index (κ2) is 10.8. The maximum Gasteiger partial charge on any atom is 0.331 e. The number of hydrogen-bond donors (Lipinski definition) is 2. The van der Waals surface area contributed by atoms with E-state index < -0.39 is 60.2 Å². The largest absolute Gasteiger partial charge is 0.369 e. The normalized spacial score (nSPS) is 22.2. The third-order valence-corrected chi connectivity index (χ3v) is 8.53. The van der Waals surface area contributed by atoms with Crippen molar-refractivity contribution in [2.24, 2.45) is 10.9 Å². The van der Waals surface area contributed by atoms with E-state index in [1.165, 1.54) is 15.8 Å². The summed E-state index contributed by atoms with van der Waals surface area (Å²) in [5.41, 5.74) is -0.492. The topological polar surface area (TPSA) is 136 Å². The summed E-state index contributed by atoms with van der Waals surface area (Å²) in [6, 6.07) is 7.54. The number of piperidine rings is 1. The maximum absolute atomic E-state index is 15.4. The van der Waals surface area contributed by atoms with Gasteiger partial charge in [0.2, 0.25) is 0 Å². The molecule has 2 fully saturated rings. The number of amides is 2. The van der Waals surface area contributed by atoms with Crippen molar-refractivity contribution in [1.82, 2.24) is 18.9 Å². The number of aliphatic hydroxyl groups is 1. The van der Waals surface area contributed by atoms with Crippen LogP contribution in [0, 0.1) is 23.1 Å². The molecule has 3 heterocycles. The van der Waals surface area contributed by atoms with E-state index in [1.807, 2.05) is 6.07 Å². The molecule has 2 amide bonds. The van der Waals surface area contributed by atoms with E-state index in [9.17, 15) is 28.3 Å². The number of hydrogen-bond acceptors (Lipinski definition) is 7. The smallest absolute Gasteiger partial charge is 0.331 e. The van der Waals surface area contributed by atoms with Gasteiger partial charge < -0.3 is 20.2 Å². The van der Waals surface area contributed by atoms with Crippen LogP contribution in [0.5, 0.6) is 0 Å². The molecule has 1 saturated carbocycles. The summed E-state index contributed by atoms with van der Waals surface area (Å²) >= 11 is 0. The number of likely N-dealkylation sites (tertiary alicyclic amines) is 1. The number of aliphatic imine (C=N–C) groups is 1. The first-order chi connectivity index (χ1) is 20.9. The molecular weight excluding hydrogens is 579 g/mol. The van der Waals surface area contributed by atoms with Crippen LogP contribution in [-0.2, 0) is 6.54 Å². The number of halogens is 3. The molecule has 14 heteroatoms. The number of nitrogens with zero attached hydrogens (tertiary/aromatic N) is 6. The number of carbonyl (C=O) groups is 1. The van der Waals surface area contributed by atoms with Crippen molar-refractivity contribution in [1.29, 1.82) is 5.26 Å². The molecular formula is C30H30F3N7O4. The molecule has 2 aliphatic heterocycles. The first-order valence-electron chi connectivity index (χ1n) is 14.4. The Hall–Kier alpha value is -4.64. The zero-order chi connectivity index (χ0) is 31.5. The lowest BCUT2D eigenvalue weighted by atomic mass is 10.0. The van der Waals surface area contributed by atoms with Gasteiger partial charge in [-0.1, -0.05) is 6.07 Å². The van der Waals surface area contributed by atoms with Gasteiger partial charge >= 0.3 is 11.7 Å². The van der Waals surface area contributed by atoms with E-state index in [-0.39, 0.29) is 29.2 Å². The van der Waals surface area contributed by atoms with Crippen LogP contribution in [0.4, 0.5) is 29.3 Å². The fourth-order valence-corrected chi connectivity index (χ4v) is 6.01. The average molecular weight is 610 g/mol. The lowest BCUT2D eigenvalue weighted by Gasteiger charge is -2.41. The van der Waals surface area contributed by atoms with Crippen molar-refractivity contribution < 1.29 is 23.1 Å². The number of aliphatic hydroxyl groups excluding tert-OH is 1. The first kappa shape index (κ1) is 29.4. The Morgan fingerprint density at radius 2 is 2.00 bits per heavy atom. The Kier molecular flexibility index (Phi) is 7.23. The fraction of sp³-hybridized carbons (Fsp3) is 0.433. The summed E-state index contributed by atoms with van der Waals surface area (Å²) in [5.74, 6) is -4.95. The summed E-state index contributed by atoms with van der Waals surface area (Å²) in [4.78, 5) is 47.3. The summed E-state index contributed by atoms with van der Waals surface area (Å²) in [6.07, 6.45) is 1.26. The minimum atomic E-state index is -2.95. The summed E-state index contributed by atoms with van der Waals surface area (Å²) in [5, 5.41) is 22.6. The maximum atomic E-state index is 15.4. The van der Waals surface area contributed by atoms with Crippen molar-refractivity contribution in [3.63, 3.8) is 0 Å². The minimum Gasteiger partial charge on any atom is -0.369 e. The monoisotopic (exact) mass is 609 g/mol. The molecule has 6 rings (SSSR count). The second-order valence-corrected chi connectivity index (χ2v) is 11.8. The van der Waals surface area contributed by atoms with Gasteiger partial charge in [-0.2, -0.15) is 5.26 Å². The molecule has 0 radical (unpaired) electrons. The molecule has 2 aromatic carbocycles. The van der Waals surface area contributed by atoms with E-state index in [0.717, 1.165) is 16.7 Å². The lowest BCUT2D eigenvalue weighted by Crippen LogP contribution is -2.51. The highest BCUT2D eigenvalue weighted by molar-refractivity contribution is 5.93. The van der Waals surface area contributed by atoms with Crippen LogP contribution < -0.4 is 16.6 Å². The molecule has 3 atom stereocenters. The molecule has 3 aromatic rings. The average Bonchev–Trinajstić information content (AvgIpc) is 3.61. The summed E-state index contributed by atoms with van der Waals surface area (Å²) in [6.45, 7) is 3.40. The number of benzene rings is 2. The Morgan fingerprint density at radius 3 is 2.68 bits per heavy atom. The Labute approximate surface area is 249 Å². The van der Waals surface area contributed by atoms with E-state index in [1.54, 1.807) is 36.9 Å². The van der Waals surface area contributed by atoms with Crippen molar-refractivity contribution in [2.45, 2.75) is 63.9 Å². The van der Waals surface area contributed by atoms with Crippen LogP contribution in [-0.4, -0.2) is 61.5 Å². The Balaban J connectivity index is 1.25. The van der Waals surface area contributed by atoms with Gasteiger partial charge in [0.25, 0.3) is 11.5 Å². The zero-order valence-corrected chi connectivity index (χ0v) is 24.0. The van der Waals surface area contributed by atoms with Gasteiger partial charge in [-0.05, 0) is 44.9 Å². The molecule has 0 bridgehead atoms. The SMILES string of the molecule is CC(C)n1c(=O)n(CC2CC2(F)F)c(=O)c2cc(NC(=O)N3CCC[C@@H](N4C=Nc5cc(C#N)ccc5[C@@H]4O)C3)c(F)cc21. The Morgan fingerprint density at radius 1 is 1.25 bits per heavy atom. The highest BCUT2D eigenvalue weighted by atomic mass is 19.3. The molecule has 1 aromatic heterocycles. The van der Waals surface area contributed by atoms with Gasteiger partial charge in [0.15, 0.2) is 6.23 Å². The van der Waals surface area contributed by atoms with Gasteiger partial charge in [0, 0.05) is 49.6 Å². The Bertz CT molecular complexity index is 1860. The van der Waals surface area contributed by atoms with Crippen LogP contribution in [0.15, 0.2) is 44.9 Å². The number of carbonyl (C=O) groups excluding carboxylic acids is 1. The molecule has 230 valence electrons. The molecule has 0 spiro atoms. The van der Waals surface area contributed by atoms with Gasteiger partial charge in [-0.15, -0.1) is 0 Å². The van der Waals surface area contributed by atoms with Gasteiger partial charge in [0.05, 0.1) is 46.3 Å². The highest BCUT2D eigenvalue weighted by Crippen LogP contribution is 2.49. The van der Waals surface area contributed by atoms with E-state index >= 15 is 4.39 Å². The molecule has 1 aliphatic carbocycles. The number of urea groups is 1. The zero-order valence-electron chi connectivity index (χ0n) is 24.0. The molecule has 2 N–H and O–H groups in total. The van der Waals surface area contributed by atoms with E-state index in [0.29, 0.717) is 36.2 Å². The van der Waals surface area contributed by atoms with Gasteiger partial charge in [0.1, 0.15) is 5.82 Å². The van der Waals surface area contributed by atoms with E-state index in [2.05, 4.69) is 10.3 Å². The van der Waals surface area contributed by atoms with Gasteiger partial charge in [-0.25, -0.2) is 27.8 Å². The van der Waals surface area contributed by atoms with Crippen molar-refractivity contribution >= 4 is 34.6 Å². The van der Waals surface area contributed by atoms with Crippen LogP contribution >= 0.6 is 0 Å². The highest BCUT2D eigenvalue weighted by Gasteiger charge is 2.57. The third kappa shape index (κ3) is 5.11. The standard InChI is InChI=1S/C30H30F3N7O4/c1-16(2)40-25-10-22(31)24(9-21(25)27(42)38(29(40)44)13-18-11-30(18,32)33)36-28(43)37-7-3-4-19(14-37)39-15-35-23-8-17(12-34)5-6-20(23)26(39)41/h5-6,8-10,15-16,18-19,26,41H,3-4,7,11,13-14H2,1-2H3,(H,36,43)/t18?,19-,26+/m1/s1.